The number of carboxylic acids is 1. The molecule has 1 atom stereocenters. The van der Waals surface area contributed by atoms with E-state index in [0.29, 0.717) is 12.0 Å². The summed E-state index contributed by atoms with van der Waals surface area (Å²) in [6.45, 7) is 1.61. The summed E-state index contributed by atoms with van der Waals surface area (Å²) in [5.41, 5.74) is 0.641. The van der Waals surface area contributed by atoms with E-state index in [1.54, 1.807) is 25.1 Å². The van der Waals surface area contributed by atoms with Gasteiger partial charge in [0, 0.05) is 10.0 Å². The molecule has 0 radical (unpaired) electrons. The standard InChI is InChI=1S/C10H11BrO3/c1-6(10(13)14)5-7-8(11)3-2-4-9(7)12/h2-4,6,12H,5H2,1H3,(H,13,14). The van der Waals surface area contributed by atoms with Crippen molar-refractivity contribution in [1.82, 2.24) is 0 Å². The van der Waals surface area contributed by atoms with E-state index >= 15 is 0 Å². The number of phenolic OH excluding ortho intramolecular Hbond substituents is 1. The molecule has 1 aromatic carbocycles. The van der Waals surface area contributed by atoms with Gasteiger partial charge in [0.25, 0.3) is 0 Å². The van der Waals surface area contributed by atoms with Gasteiger partial charge in [-0.2, -0.15) is 0 Å². The molecular weight excluding hydrogens is 248 g/mol. The molecule has 0 saturated carbocycles. The van der Waals surface area contributed by atoms with Crippen molar-refractivity contribution in [1.29, 1.82) is 0 Å². The highest BCUT2D eigenvalue weighted by molar-refractivity contribution is 9.10. The molecule has 0 heterocycles. The van der Waals surface area contributed by atoms with Crippen LogP contribution < -0.4 is 0 Å². The maximum Gasteiger partial charge on any atom is 0.306 e. The fourth-order valence-electron chi connectivity index (χ4n) is 1.14. The summed E-state index contributed by atoms with van der Waals surface area (Å²) in [5.74, 6) is -1.23. The number of benzene rings is 1. The van der Waals surface area contributed by atoms with Gasteiger partial charge >= 0.3 is 5.97 Å². The molecule has 1 rings (SSSR count). The van der Waals surface area contributed by atoms with Gasteiger partial charge in [0.1, 0.15) is 5.75 Å². The van der Waals surface area contributed by atoms with Crippen LogP contribution in [0.15, 0.2) is 22.7 Å². The van der Waals surface area contributed by atoms with Crippen molar-refractivity contribution in [3.63, 3.8) is 0 Å². The number of halogens is 1. The summed E-state index contributed by atoms with van der Waals surface area (Å²) < 4.78 is 0.741. The predicted molar refractivity (Wildman–Crippen MR) is 56.3 cm³/mol. The average Bonchev–Trinajstić information content (AvgIpc) is 2.11. The molecule has 2 N–H and O–H groups in total. The zero-order valence-corrected chi connectivity index (χ0v) is 9.28. The molecule has 0 saturated heterocycles. The number of rotatable bonds is 3. The Labute approximate surface area is 90.5 Å². The van der Waals surface area contributed by atoms with Crippen molar-refractivity contribution >= 4 is 21.9 Å². The van der Waals surface area contributed by atoms with Crippen LogP contribution in [0.1, 0.15) is 12.5 Å². The molecule has 3 nitrogen and oxygen atoms in total. The minimum Gasteiger partial charge on any atom is -0.508 e. The summed E-state index contributed by atoms with van der Waals surface area (Å²) in [6, 6.07) is 5.03. The van der Waals surface area contributed by atoms with Crippen LogP contribution in [0, 0.1) is 5.92 Å². The molecule has 4 heteroatoms. The van der Waals surface area contributed by atoms with Gasteiger partial charge in [-0.25, -0.2) is 0 Å². The first-order chi connectivity index (χ1) is 6.52. The lowest BCUT2D eigenvalue weighted by atomic mass is 10.0. The molecule has 0 spiro atoms. The summed E-state index contributed by atoms with van der Waals surface area (Å²) in [6.07, 6.45) is 0.322. The minimum absolute atomic E-state index is 0.132. The van der Waals surface area contributed by atoms with Crippen LogP contribution in [0.4, 0.5) is 0 Å². The molecule has 14 heavy (non-hydrogen) atoms. The number of hydrogen-bond acceptors (Lipinski definition) is 2. The van der Waals surface area contributed by atoms with Crippen molar-refractivity contribution in [2.24, 2.45) is 5.92 Å². The van der Waals surface area contributed by atoms with Crippen LogP contribution >= 0.6 is 15.9 Å². The summed E-state index contributed by atoms with van der Waals surface area (Å²) in [5, 5.41) is 18.2. The molecule has 0 aliphatic heterocycles. The lowest BCUT2D eigenvalue weighted by Crippen LogP contribution is -2.12. The molecular formula is C10H11BrO3. The molecule has 0 aliphatic carbocycles. The first-order valence-corrected chi connectivity index (χ1v) is 5.01. The van der Waals surface area contributed by atoms with Crippen LogP contribution in [0.3, 0.4) is 0 Å². The fourth-order valence-corrected chi connectivity index (χ4v) is 1.66. The second kappa shape index (κ2) is 4.46. The molecule has 0 amide bonds. The highest BCUT2D eigenvalue weighted by atomic mass is 79.9. The largest absolute Gasteiger partial charge is 0.508 e. The van der Waals surface area contributed by atoms with Crippen LogP contribution in [0.25, 0.3) is 0 Å². The monoisotopic (exact) mass is 258 g/mol. The maximum atomic E-state index is 10.6. The maximum absolute atomic E-state index is 10.6. The first kappa shape index (κ1) is 11.0. The van der Waals surface area contributed by atoms with Crippen LogP contribution in [-0.4, -0.2) is 16.2 Å². The zero-order valence-electron chi connectivity index (χ0n) is 7.70. The van der Waals surface area contributed by atoms with Gasteiger partial charge in [-0.15, -0.1) is 0 Å². The third-order valence-corrected chi connectivity index (χ3v) is 2.77. The second-order valence-electron chi connectivity index (χ2n) is 3.18. The Morgan fingerprint density at radius 1 is 1.57 bits per heavy atom. The first-order valence-electron chi connectivity index (χ1n) is 4.21. The minimum atomic E-state index is -0.861. The molecule has 1 aromatic rings. The average molecular weight is 259 g/mol. The predicted octanol–water partition coefficient (Wildman–Crippen LogP) is 2.42. The number of carbonyl (C=O) groups is 1. The third-order valence-electron chi connectivity index (χ3n) is 2.03. The van der Waals surface area contributed by atoms with Gasteiger partial charge in [-0.05, 0) is 18.6 Å². The number of hydrogen-bond donors (Lipinski definition) is 2. The van der Waals surface area contributed by atoms with E-state index in [4.69, 9.17) is 5.11 Å². The Morgan fingerprint density at radius 3 is 2.71 bits per heavy atom. The van der Waals surface area contributed by atoms with E-state index in [9.17, 15) is 9.90 Å². The van der Waals surface area contributed by atoms with Crippen molar-refractivity contribution in [3.8, 4) is 5.75 Å². The highest BCUT2D eigenvalue weighted by Crippen LogP contribution is 2.28. The SMILES string of the molecule is CC(Cc1c(O)cccc1Br)C(=O)O. The smallest absolute Gasteiger partial charge is 0.306 e. The van der Waals surface area contributed by atoms with Crippen LogP contribution in [-0.2, 0) is 11.2 Å². The number of carboxylic acid groups (broad SMARTS) is 1. The van der Waals surface area contributed by atoms with Gasteiger partial charge in [-0.1, -0.05) is 28.9 Å². The van der Waals surface area contributed by atoms with Crippen molar-refractivity contribution < 1.29 is 15.0 Å². The Balaban J connectivity index is 2.91. The Hall–Kier alpha value is -1.03. The summed E-state index contributed by atoms with van der Waals surface area (Å²) in [7, 11) is 0. The van der Waals surface area contributed by atoms with Gasteiger partial charge in [0.15, 0.2) is 0 Å². The third kappa shape index (κ3) is 2.48. The Bertz CT molecular complexity index is 329. The fraction of sp³-hybridized carbons (Fsp3) is 0.300. The van der Waals surface area contributed by atoms with Crippen LogP contribution in [0.2, 0.25) is 0 Å². The molecule has 0 bridgehead atoms. The Morgan fingerprint density at radius 2 is 2.21 bits per heavy atom. The van der Waals surface area contributed by atoms with Gasteiger partial charge in [0.2, 0.25) is 0 Å². The van der Waals surface area contributed by atoms with E-state index in [-0.39, 0.29) is 5.75 Å². The number of phenols is 1. The van der Waals surface area contributed by atoms with E-state index in [1.165, 1.54) is 0 Å². The molecule has 76 valence electrons. The quantitative estimate of drug-likeness (QED) is 0.876. The molecule has 0 aliphatic rings. The second-order valence-corrected chi connectivity index (χ2v) is 4.04. The molecule has 1 unspecified atom stereocenters. The molecule has 0 fully saturated rings. The van der Waals surface area contributed by atoms with Crippen LogP contribution in [0.5, 0.6) is 5.75 Å². The van der Waals surface area contributed by atoms with Gasteiger partial charge in [-0.3, -0.25) is 4.79 Å². The number of aliphatic carboxylic acids is 1. The zero-order chi connectivity index (χ0) is 10.7. The van der Waals surface area contributed by atoms with E-state index in [0.717, 1.165) is 4.47 Å². The normalized spacial score (nSPS) is 12.4. The summed E-state index contributed by atoms with van der Waals surface area (Å²) in [4.78, 5) is 10.6. The van der Waals surface area contributed by atoms with Crippen molar-refractivity contribution in [2.75, 3.05) is 0 Å². The Kier molecular flexibility index (Phi) is 3.52. The van der Waals surface area contributed by atoms with E-state index in [2.05, 4.69) is 15.9 Å². The van der Waals surface area contributed by atoms with E-state index in [1.807, 2.05) is 0 Å². The van der Waals surface area contributed by atoms with Crippen molar-refractivity contribution in [2.45, 2.75) is 13.3 Å². The lowest BCUT2D eigenvalue weighted by molar-refractivity contribution is -0.141. The number of aromatic hydroxyl groups is 1. The highest BCUT2D eigenvalue weighted by Gasteiger charge is 2.15. The van der Waals surface area contributed by atoms with E-state index < -0.39 is 11.9 Å². The van der Waals surface area contributed by atoms with Crippen molar-refractivity contribution in [3.05, 3.63) is 28.2 Å². The van der Waals surface area contributed by atoms with Gasteiger partial charge < -0.3 is 10.2 Å². The van der Waals surface area contributed by atoms with Gasteiger partial charge in [0.05, 0.1) is 5.92 Å². The lowest BCUT2D eigenvalue weighted by Gasteiger charge is -2.09. The topological polar surface area (TPSA) is 57.5 Å². The summed E-state index contributed by atoms with van der Waals surface area (Å²) >= 11 is 3.27. The molecule has 0 aromatic heterocycles.